The summed E-state index contributed by atoms with van der Waals surface area (Å²) in [5.74, 6) is -0.0847. The number of rotatable bonds is 5. The Kier molecular flexibility index (Phi) is 5.92. The third-order valence-electron chi connectivity index (χ3n) is 5.95. The van der Waals surface area contributed by atoms with Crippen molar-refractivity contribution in [2.24, 2.45) is 0 Å². The maximum Gasteiger partial charge on any atom is 0.290 e. The van der Waals surface area contributed by atoms with E-state index in [1.807, 2.05) is 4.90 Å². The van der Waals surface area contributed by atoms with Crippen molar-refractivity contribution in [2.75, 3.05) is 13.1 Å². The lowest BCUT2D eigenvalue weighted by Gasteiger charge is -2.31. The van der Waals surface area contributed by atoms with Crippen LogP contribution in [-0.2, 0) is 11.2 Å². The molecule has 1 saturated carbocycles. The summed E-state index contributed by atoms with van der Waals surface area (Å²) in [7, 11) is 0. The second-order valence-corrected chi connectivity index (χ2v) is 8.03. The number of piperidine rings is 1. The summed E-state index contributed by atoms with van der Waals surface area (Å²) in [6.07, 6.45) is 6.10. The average Bonchev–Trinajstić information content (AvgIpc) is 3.40. The normalized spacial score (nSPS) is 18.2. The van der Waals surface area contributed by atoms with Crippen LogP contribution in [0.1, 0.15) is 66.3 Å². The van der Waals surface area contributed by atoms with Gasteiger partial charge < -0.3 is 14.7 Å². The number of carbonyl (C=O) groups is 2. The number of nitrogens with one attached hydrogen (secondary N) is 1. The highest BCUT2D eigenvalue weighted by molar-refractivity contribution is 5.91. The predicted molar refractivity (Wildman–Crippen MR) is 105 cm³/mol. The highest BCUT2D eigenvalue weighted by Gasteiger charge is 2.27. The van der Waals surface area contributed by atoms with Crippen LogP contribution in [0.2, 0.25) is 0 Å². The van der Waals surface area contributed by atoms with Crippen LogP contribution in [0.25, 0.3) is 0 Å². The molecule has 1 aromatic carbocycles. The number of amides is 2. The molecule has 2 amide bonds. The molecule has 7 heteroatoms. The zero-order valence-electron chi connectivity index (χ0n) is 16.4. The first-order valence-electron chi connectivity index (χ1n) is 10.4. The zero-order chi connectivity index (χ0) is 20.2. The van der Waals surface area contributed by atoms with Crippen molar-refractivity contribution in [1.82, 2.24) is 15.4 Å². The number of carbonyl (C=O) groups excluding carboxylic acids is 2. The summed E-state index contributed by atoms with van der Waals surface area (Å²) in [5.41, 5.74) is 1.46. The lowest BCUT2D eigenvalue weighted by molar-refractivity contribution is -0.131. The van der Waals surface area contributed by atoms with Gasteiger partial charge in [-0.05, 0) is 43.4 Å². The van der Waals surface area contributed by atoms with Crippen molar-refractivity contribution in [3.05, 3.63) is 53.2 Å². The molecule has 2 fully saturated rings. The van der Waals surface area contributed by atoms with Crippen LogP contribution < -0.4 is 5.32 Å². The number of hydrogen-bond acceptors (Lipinski definition) is 4. The van der Waals surface area contributed by atoms with Crippen LogP contribution in [0.5, 0.6) is 0 Å². The molecule has 1 aliphatic heterocycles. The fourth-order valence-corrected chi connectivity index (χ4v) is 4.27. The minimum absolute atomic E-state index is 0.00540. The van der Waals surface area contributed by atoms with E-state index < -0.39 is 0 Å². The molecule has 1 saturated heterocycles. The molecule has 1 aromatic heterocycles. The van der Waals surface area contributed by atoms with Gasteiger partial charge in [-0.2, -0.15) is 0 Å². The molecule has 154 valence electrons. The summed E-state index contributed by atoms with van der Waals surface area (Å²) in [6, 6.07) is 8.14. The number of hydrogen-bond donors (Lipinski definition) is 1. The van der Waals surface area contributed by atoms with Gasteiger partial charge >= 0.3 is 0 Å². The largest absolute Gasteiger partial charge is 0.351 e. The van der Waals surface area contributed by atoms with Crippen molar-refractivity contribution in [2.45, 2.75) is 56.9 Å². The van der Waals surface area contributed by atoms with E-state index >= 15 is 0 Å². The number of aromatic nitrogens is 1. The third kappa shape index (κ3) is 4.83. The monoisotopic (exact) mass is 399 g/mol. The number of benzene rings is 1. The van der Waals surface area contributed by atoms with E-state index in [9.17, 15) is 14.0 Å². The molecule has 6 nitrogen and oxygen atoms in total. The van der Waals surface area contributed by atoms with Gasteiger partial charge in [-0.1, -0.05) is 30.1 Å². The Morgan fingerprint density at radius 1 is 1.14 bits per heavy atom. The Bertz CT molecular complexity index is 868. The molecule has 2 aliphatic rings. The number of halogens is 1. The highest BCUT2D eigenvalue weighted by Crippen LogP contribution is 2.28. The van der Waals surface area contributed by atoms with E-state index in [1.165, 1.54) is 12.1 Å². The van der Waals surface area contributed by atoms with Gasteiger partial charge in [0.05, 0.1) is 12.1 Å². The maximum absolute atomic E-state index is 13.3. The van der Waals surface area contributed by atoms with Gasteiger partial charge in [0.1, 0.15) is 5.82 Å². The summed E-state index contributed by atoms with van der Waals surface area (Å²) in [5, 5.41) is 7.11. The van der Waals surface area contributed by atoms with Crippen LogP contribution in [0.3, 0.4) is 0 Å². The maximum atomic E-state index is 13.3. The second kappa shape index (κ2) is 8.76. The fraction of sp³-hybridized carbons (Fsp3) is 0.500. The van der Waals surface area contributed by atoms with Gasteiger partial charge in [-0.3, -0.25) is 9.59 Å². The summed E-state index contributed by atoms with van der Waals surface area (Å²) in [6.45, 7) is 1.24. The average molecular weight is 399 g/mol. The molecule has 4 rings (SSSR count). The lowest BCUT2D eigenvalue weighted by atomic mass is 9.93. The molecule has 1 aliphatic carbocycles. The van der Waals surface area contributed by atoms with Gasteiger partial charge in [0.25, 0.3) is 5.91 Å². The summed E-state index contributed by atoms with van der Waals surface area (Å²) in [4.78, 5) is 26.6. The first-order valence-corrected chi connectivity index (χ1v) is 10.4. The number of likely N-dealkylation sites (tertiary alicyclic amines) is 1. The minimum atomic E-state index is -0.326. The van der Waals surface area contributed by atoms with Gasteiger partial charge in [0.15, 0.2) is 0 Å². The molecular weight excluding hydrogens is 373 g/mol. The van der Waals surface area contributed by atoms with Crippen LogP contribution in [0.4, 0.5) is 4.39 Å². The molecule has 0 unspecified atom stereocenters. The molecule has 0 radical (unpaired) electrons. The van der Waals surface area contributed by atoms with E-state index in [1.54, 1.807) is 18.2 Å². The standard InChI is InChI=1S/C22H26FN3O3/c23-17-5-3-4-15(12-17)13-21(27)26-10-8-16(9-11-26)19-14-20(29-25-19)22(28)24-18-6-1-2-7-18/h3-5,12,14,16,18H,1-2,6-11,13H2,(H,24,28). The van der Waals surface area contributed by atoms with Crippen molar-refractivity contribution >= 4 is 11.8 Å². The second-order valence-electron chi connectivity index (χ2n) is 8.03. The van der Waals surface area contributed by atoms with E-state index in [2.05, 4.69) is 10.5 Å². The Hall–Kier alpha value is -2.70. The topological polar surface area (TPSA) is 75.4 Å². The van der Waals surface area contributed by atoms with E-state index in [0.717, 1.165) is 44.2 Å². The number of nitrogens with zero attached hydrogens (tertiary/aromatic N) is 2. The van der Waals surface area contributed by atoms with Crippen molar-refractivity contribution in [3.8, 4) is 0 Å². The SMILES string of the molecule is O=C(NC1CCCC1)c1cc(C2CCN(C(=O)Cc3cccc(F)c3)CC2)no1. The fourth-order valence-electron chi connectivity index (χ4n) is 4.27. The van der Waals surface area contributed by atoms with Gasteiger partial charge in [0, 0.05) is 31.1 Å². The minimum Gasteiger partial charge on any atom is -0.351 e. The highest BCUT2D eigenvalue weighted by atomic mass is 19.1. The van der Waals surface area contributed by atoms with Crippen LogP contribution >= 0.6 is 0 Å². The Morgan fingerprint density at radius 3 is 2.62 bits per heavy atom. The zero-order valence-corrected chi connectivity index (χ0v) is 16.4. The van der Waals surface area contributed by atoms with E-state index in [0.29, 0.717) is 18.7 Å². The van der Waals surface area contributed by atoms with Gasteiger partial charge in [0.2, 0.25) is 11.7 Å². The molecule has 29 heavy (non-hydrogen) atoms. The third-order valence-corrected chi connectivity index (χ3v) is 5.95. The van der Waals surface area contributed by atoms with Crippen LogP contribution in [0.15, 0.2) is 34.9 Å². The van der Waals surface area contributed by atoms with E-state index in [4.69, 9.17) is 4.52 Å². The molecule has 0 atom stereocenters. The predicted octanol–water partition coefficient (Wildman–Crippen LogP) is 3.43. The van der Waals surface area contributed by atoms with Crippen molar-refractivity contribution < 1.29 is 18.5 Å². The first-order chi connectivity index (χ1) is 14.1. The summed E-state index contributed by atoms with van der Waals surface area (Å²) < 4.78 is 18.6. The molecule has 0 spiro atoms. The smallest absolute Gasteiger partial charge is 0.290 e. The summed E-state index contributed by atoms with van der Waals surface area (Å²) >= 11 is 0. The lowest BCUT2D eigenvalue weighted by Crippen LogP contribution is -2.38. The van der Waals surface area contributed by atoms with Crippen LogP contribution in [0, 0.1) is 5.82 Å². The first kappa shape index (κ1) is 19.6. The Morgan fingerprint density at radius 2 is 1.90 bits per heavy atom. The molecule has 1 N–H and O–H groups in total. The van der Waals surface area contributed by atoms with Crippen molar-refractivity contribution in [3.63, 3.8) is 0 Å². The molecular formula is C22H26FN3O3. The molecule has 0 bridgehead atoms. The molecule has 2 heterocycles. The Balaban J connectivity index is 1.28. The van der Waals surface area contributed by atoms with Gasteiger partial charge in [-0.15, -0.1) is 0 Å². The van der Waals surface area contributed by atoms with Crippen LogP contribution in [-0.4, -0.2) is 41.0 Å². The van der Waals surface area contributed by atoms with E-state index in [-0.39, 0.29) is 41.8 Å². The molecule has 2 aromatic rings. The Labute approximate surface area is 169 Å². The van der Waals surface area contributed by atoms with Gasteiger partial charge in [-0.25, -0.2) is 4.39 Å². The quantitative estimate of drug-likeness (QED) is 0.836. The van der Waals surface area contributed by atoms with Crippen molar-refractivity contribution in [1.29, 1.82) is 0 Å².